The van der Waals surface area contributed by atoms with E-state index in [0.717, 1.165) is 0 Å². The van der Waals surface area contributed by atoms with Gasteiger partial charge in [-0.3, -0.25) is 4.79 Å². The summed E-state index contributed by atoms with van der Waals surface area (Å²) in [6.45, 7) is 0.394. The van der Waals surface area contributed by atoms with Gasteiger partial charge in [-0.25, -0.2) is 0 Å². The van der Waals surface area contributed by atoms with E-state index in [1.54, 1.807) is 31.4 Å². The van der Waals surface area contributed by atoms with Crippen molar-refractivity contribution in [3.63, 3.8) is 0 Å². The summed E-state index contributed by atoms with van der Waals surface area (Å²) in [6.07, 6.45) is 0.451. The number of methoxy groups -OCH3 is 1. The predicted octanol–water partition coefficient (Wildman–Crippen LogP) is 0.891. The standard InChI is InChI=1S/C13H17N3O3/c1-18-7-5-12(15)13(17)16-10-3-2-4-11(9-10)19-8-6-14/h2-4,9,12H,5,7-8,15H2,1H3,(H,16,17). The minimum Gasteiger partial charge on any atom is -0.479 e. The Morgan fingerprint density at radius 3 is 3.05 bits per heavy atom. The smallest absolute Gasteiger partial charge is 0.241 e. The second-order valence-electron chi connectivity index (χ2n) is 3.85. The molecule has 0 saturated carbocycles. The lowest BCUT2D eigenvalue weighted by atomic mass is 10.2. The molecule has 0 bridgehead atoms. The van der Waals surface area contributed by atoms with Gasteiger partial charge in [0.2, 0.25) is 5.91 Å². The van der Waals surface area contributed by atoms with E-state index in [0.29, 0.717) is 24.5 Å². The highest BCUT2D eigenvalue weighted by molar-refractivity contribution is 5.94. The first-order valence-corrected chi connectivity index (χ1v) is 5.82. The Morgan fingerprint density at radius 1 is 1.58 bits per heavy atom. The van der Waals surface area contributed by atoms with Gasteiger partial charge in [-0.2, -0.15) is 5.26 Å². The zero-order chi connectivity index (χ0) is 14.1. The lowest BCUT2D eigenvalue weighted by Gasteiger charge is -2.12. The number of nitrogens with one attached hydrogen (secondary N) is 1. The first-order chi connectivity index (χ1) is 9.17. The van der Waals surface area contributed by atoms with Crippen LogP contribution < -0.4 is 15.8 Å². The molecule has 102 valence electrons. The second kappa shape index (κ2) is 8.08. The fourth-order valence-electron chi connectivity index (χ4n) is 1.39. The third-order valence-corrected chi connectivity index (χ3v) is 2.37. The number of benzene rings is 1. The topological polar surface area (TPSA) is 97.4 Å². The average molecular weight is 263 g/mol. The number of ether oxygens (including phenoxy) is 2. The minimum absolute atomic E-state index is 0.0370. The maximum Gasteiger partial charge on any atom is 0.241 e. The van der Waals surface area contributed by atoms with Crippen LogP contribution >= 0.6 is 0 Å². The average Bonchev–Trinajstić information content (AvgIpc) is 2.42. The van der Waals surface area contributed by atoms with Crippen LogP contribution in [0, 0.1) is 11.3 Å². The summed E-state index contributed by atoms with van der Waals surface area (Å²) >= 11 is 0. The Hall–Kier alpha value is -2.10. The molecule has 6 heteroatoms. The molecule has 0 saturated heterocycles. The van der Waals surface area contributed by atoms with Gasteiger partial charge in [-0.05, 0) is 18.6 Å². The molecule has 0 aliphatic rings. The van der Waals surface area contributed by atoms with Crippen molar-refractivity contribution in [2.45, 2.75) is 12.5 Å². The zero-order valence-corrected chi connectivity index (χ0v) is 10.8. The van der Waals surface area contributed by atoms with Gasteiger partial charge in [0, 0.05) is 25.5 Å². The molecular formula is C13H17N3O3. The molecule has 1 atom stereocenters. The van der Waals surface area contributed by atoms with E-state index < -0.39 is 6.04 Å². The van der Waals surface area contributed by atoms with Gasteiger partial charge < -0.3 is 20.5 Å². The van der Waals surface area contributed by atoms with Crippen molar-refractivity contribution in [1.82, 2.24) is 0 Å². The van der Waals surface area contributed by atoms with E-state index in [4.69, 9.17) is 20.5 Å². The number of amides is 1. The Bertz CT molecular complexity index is 457. The second-order valence-corrected chi connectivity index (χ2v) is 3.85. The summed E-state index contributed by atoms with van der Waals surface area (Å²) in [7, 11) is 1.56. The lowest BCUT2D eigenvalue weighted by Crippen LogP contribution is -2.36. The summed E-state index contributed by atoms with van der Waals surface area (Å²) < 4.78 is 10.0. The van der Waals surface area contributed by atoms with Gasteiger partial charge in [-0.15, -0.1) is 0 Å². The van der Waals surface area contributed by atoms with E-state index in [1.165, 1.54) is 0 Å². The highest BCUT2D eigenvalue weighted by Gasteiger charge is 2.13. The van der Waals surface area contributed by atoms with Crippen LogP contribution in [0.4, 0.5) is 5.69 Å². The molecule has 1 unspecified atom stereocenters. The molecule has 0 spiro atoms. The molecule has 0 fully saturated rings. The molecule has 0 radical (unpaired) electrons. The van der Waals surface area contributed by atoms with Crippen LogP contribution in [0.2, 0.25) is 0 Å². The molecule has 19 heavy (non-hydrogen) atoms. The number of hydrogen-bond donors (Lipinski definition) is 2. The van der Waals surface area contributed by atoms with Crippen LogP contribution in [0.15, 0.2) is 24.3 Å². The quantitative estimate of drug-likeness (QED) is 0.761. The molecule has 3 N–H and O–H groups in total. The molecule has 0 aliphatic carbocycles. The van der Waals surface area contributed by atoms with Gasteiger partial charge >= 0.3 is 0 Å². The third-order valence-electron chi connectivity index (χ3n) is 2.37. The third kappa shape index (κ3) is 5.38. The molecule has 0 heterocycles. The number of nitrogens with zero attached hydrogens (tertiary/aromatic N) is 1. The molecular weight excluding hydrogens is 246 g/mol. The first-order valence-electron chi connectivity index (χ1n) is 5.82. The van der Waals surface area contributed by atoms with Crippen molar-refractivity contribution in [2.75, 3.05) is 25.6 Å². The van der Waals surface area contributed by atoms with E-state index in [1.807, 2.05) is 6.07 Å². The van der Waals surface area contributed by atoms with E-state index >= 15 is 0 Å². The Balaban J connectivity index is 2.56. The number of anilines is 1. The van der Waals surface area contributed by atoms with Crippen LogP contribution in [0.3, 0.4) is 0 Å². The highest BCUT2D eigenvalue weighted by atomic mass is 16.5. The van der Waals surface area contributed by atoms with Crippen molar-refractivity contribution in [1.29, 1.82) is 5.26 Å². The molecule has 1 amide bonds. The number of carbonyl (C=O) groups excluding carboxylic acids is 1. The summed E-state index contributed by atoms with van der Waals surface area (Å²) in [5.41, 5.74) is 6.28. The molecule has 0 aromatic heterocycles. The predicted molar refractivity (Wildman–Crippen MR) is 70.6 cm³/mol. The maximum atomic E-state index is 11.8. The monoisotopic (exact) mass is 263 g/mol. The Labute approximate surface area is 112 Å². The summed E-state index contributed by atoms with van der Waals surface area (Å²) in [5.74, 6) is 0.235. The van der Waals surface area contributed by atoms with Crippen LogP contribution in [0.5, 0.6) is 5.75 Å². The normalized spacial score (nSPS) is 11.4. The molecule has 1 aromatic rings. The van der Waals surface area contributed by atoms with Crippen molar-refractivity contribution in [2.24, 2.45) is 5.73 Å². The van der Waals surface area contributed by atoms with Crippen molar-refractivity contribution < 1.29 is 14.3 Å². The molecule has 0 aliphatic heterocycles. The number of nitriles is 1. The van der Waals surface area contributed by atoms with Gasteiger partial charge in [0.15, 0.2) is 6.61 Å². The Morgan fingerprint density at radius 2 is 2.37 bits per heavy atom. The van der Waals surface area contributed by atoms with Gasteiger partial charge in [0.1, 0.15) is 11.8 Å². The van der Waals surface area contributed by atoms with E-state index in [2.05, 4.69) is 5.32 Å². The summed E-state index contributed by atoms with van der Waals surface area (Å²) in [4.78, 5) is 11.8. The van der Waals surface area contributed by atoms with Gasteiger partial charge in [-0.1, -0.05) is 6.07 Å². The number of hydrogen-bond acceptors (Lipinski definition) is 5. The molecule has 1 aromatic carbocycles. The van der Waals surface area contributed by atoms with Crippen LogP contribution in [-0.2, 0) is 9.53 Å². The molecule has 6 nitrogen and oxygen atoms in total. The minimum atomic E-state index is -0.622. The van der Waals surface area contributed by atoms with E-state index in [9.17, 15) is 4.79 Å². The number of rotatable bonds is 7. The van der Waals surface area contributed by atoms with Crippen molar-refractivity contribution >= 4 is 11.6 Å². The SMILES string of the molecule is COCCC(N)C(=O)Nc1cccc(OCC#N)c1. The number of carbonyl (C=O) groups is 1. The highest BCUT2D eigenvalue weighted by Crippen LogP contribution is 2.17. The zero-order valence-electron chi connectivity index (χ0n) is 10.8. The molecule has 1 rings (SSSR count). The summed E-state index contributed by atoms with van der Waals surface area (Å²) in [5, 5.41) is 11.1. The van der Waals surface area contributed by atoms with Gasteiger partial charge in [0.25, 0.3) is 0 Å². The lowest BCUT2D eigenvalue weighted by molar-refractivity contribution is -0.117. The van der Waals surface area contributed by atoms with Crippen LogP contribution in [-0.4, -0.2) is 32.3 Å². The Kier molecular flexibility index (Phi) is 6.36. The van der Waals surface area contributed by atoms with Crippen LogP contribution in [0.1, 0.15) is 6.42 Å². The fraction of sp³-hybridized carbons (Fsp3) is 0.385. The number of nitrogens with two attached hydrogens (primary N) is 1. The van der Waals surface area contributed by atoms with Crippen molar-refractivity contribution in [3.8, 4) is 11.8 Å². The first kappa shape index (κ1) is 15.0. The summed E-state index contributed by atoms with van der Waals surface area (Å²) in [6, 6.07) is 8.04. The largest absolute Gasteiger partial charge is 0.479 e. The van der Waals surface area contributed by atoms with Crippen LogP contribution in [0.25, 0.3) is 0 Å². The van der Waals surface area contributed by atoms with E-state index in [-0.39, 0.29) is 12.5 Å². The fourth-order valence-corrected chi connectivity index (χ4v) is 1.39. The van der Waals surface area contributed by atoms with Crippen molar-refractivity contribution in [3.05, 3.63) is 24.3 Å². The maximum absolute atomic E-state index is 11.8. The van der Waals surface area contributed by atoms with Gasteiger partial charge in [0.05, 0.1) is 6.04 Å².